The van der Waals surface area contributed by atoms with Gasteiger partial charge in [-0.05, 0) is 29.8 Å². The summed E-state index contributed by atoms with van der Waals surface area (Å²) in [7, 11) is 0. The van der Waals surface area contributed by atoms with Gasteiger partial charge in [-0.15, -0.1) is 0 Å². The number of amides is 1. The Morgan fingerprint density at radius 1 is 1.00 bits per heavy atom. The molecule has 1 N–H and O–H groups in total. The first-order chi connectivity index (χ1) is 12.3. The van der Waals surface area contributed by atoms with E-state index in [9.17, 15) is 4.79 Å². The number of para-hydroxylation sites is 1. The standard InChI is InChI=1S/C20H17N3O2/c24-20(17-10-12-21-13-11-17)23-22-14-18-8-4-5-9-19(18)25-15-16-6-2-1-3-7-16/h1-14H,15H2,(H,23,24)/b22-14+. The largest absolute Gasteiger partial charge is 0.488 e. The summed E-state index contributed by atoms with van der Waals surface area (Å²) in [6.45, 7) is 0.467. The van der Waals surface area contributed by atoms with Crippen LogP contribution in [0.5, 0.6) is 5.75 Å². The minimum absolute atomic E-state index is 0.290. The average molecular weight is 331 g/mol. The van der Waals surface area contributed by atoms with Gasteiger partial charge in [-0.2, -0.15) is 5.10 Å². The van der Waals surface area contributed by atoms with Gasteiger partial charge in [0.15, 0.2) is 0 Å². The third kappa shape index (κ3) is 4.75. The zero-order valence-corrected chi connectivity index (χ0v) is 13.5. The Morgan fingerprint density at radius 2 is 1.72 bits per heavy atom. The van der Waals surface area contributed by atoms with Crippen molar-refractivity contribution in [2.45, 2.75) is 6.61 Å². The SMILES string of the molecule is O=C(N/N=C/c1ccccc1OCc1ccccc1)c1ccncc1. The molecule has 124 valence electrons. The lowest BCUT2D eigenvalue weighted by molar-refractivity contribution is 0.0955. The van der Waals surface area contributed by atoms with Gasteiger partial charge in [0.25, 0.3) is 5.91 Å². The second-order valence-electron chi connectivity index (χ2n) is 5.25. The molecule has 0 aliphatic heterocycles. The molecule has 0 radical (unpaired) electrons. The van der Waals surface area contributed by atoms with Gasteiger partial charge in [0.1, 0.15) is 12.4 Å². The lowest BCUT2D eigenvalue weighted by Crippen LogP contribution is -2.17. The summed E-state index contributed by atoms with van der Waals surface area (Å²) in [4.78, 5) is 15.8. The monoisotopic (exact) mass is 331 g/mol. The molecule has 1 aromatic heterocycles. The van der Waals surface area contributed by atoms with Crippen molar-refractivity contribution in [1.29, 1.82) is 0 Å². The normalized spacial score (nSPS) is 10.6. The Labute approximate surface area is 146 Å². The molecule has 0 fully saturated rings. The molecule has 0 unspecified atom stereocenters. The van der Waals surface area contributed by atoms with Gasteiger partial charge < -0.3 is 4.74 Å². The molecule has 0 spiro atoms. The highest BCUT2D eigenvalue weighted by molar-refractivity contribution is 5.94. The molecule has 0 aliphatic carbocycles. The predicted molar refractivity (Wildman–Crippen MR) is 96.5 cm³/mol. The molecule has 0 aliphatic rings. The third-order valence-corrected chi connectivity index (χ3v) is 3.47. The number of carbonyl (C=O) groups is 1. The summed E-state index contributed by atoms with van der Waals surface area (Å²) >= 11 is 0. The maximum atomic E-state index is 11.9. The quantitative estimate of drug-likeness (QED) is 0.556. The van der Waals surface area contributed by atoms with Gasteiger partial charge in [-0.25, -0.2) is 5.43 Å². The summed E-state index contributed by atoms with van der Waals surface area (Å²) in [5.74, 6) is 0.412. The van der Waals surface area contributed by atoms with E-state index < -0.39 is 0 Å². The number of aromatic nitrogens is 1. The van der Waals surface area contributed by atoms with E-state index in [4.69, 9.17) is 4.74 Å². The van der Waals surface area contributed by atoms with Crippen molar-refractivity contribution in [3.8, 4) is 5.75 Å². The summed E-state index contributed by atoms with van der Waals surface area (Å²) in [5.41, 5.74) is 4.87. The molecule has 5 heteroatoms. The van der Waals surface area contributed by atoms with Crippen LogP contribution in [-0.4, -0.2) is 17.1 Å². The number of nitrogens with zero attached hydrogens (tertiary/aromatic N) is 2. The van der Waals surface area contributed by atoms with E-state index >= 15 is 0 Å². The molecular formula is C20H17N3O2. The van der Waals surface area contributed by atoms with Crippen LogP contribution in [-0.2, 0) is 6.61 Å². The smallest absolute Gasteiger partial charge is 0.271 e. The zero-order chi connectivity index (χ0) is 17.3. The van der Waals surface area contributed by atoms with Crippen LogP contribution in [0.1, 0.15) is 21.5 Å². The second-order valence-corrected chi connectivity index (χ2v) is 5.25. The predicted octanol–water partition coefficient (Wildman–Crippen LogP) is 3.42. The average Bonchev–Trinajstić information content (AvgIpc) is 2.68. The molecule has 3 aromatic rings. The first-order valence-electron chi connectivity index (χ1n) is 7.82. The first-order valence-corrected chi connectivity index (χ1v) is 7.82. The molecular weight excluding hydrogens is 314 g/mol. The highest BCUT2D eigenvalue weighted by Gasteiger charge is 2.04. The molecule has 1 amide bonds. The Balaban J connectivity index is 1.63. The van der Waals surface area contributed by atoms with E-state index in [0.29, 0.717) is 17.9 Å². The molecule has 2 aromatic carbocycles. The summed E-state index contributed by atoms with van der Waals surface area (Å²) < 4.78 is 5.85. The Bertz CT molecular complexity index is 849. The van der Waals surface area contributed by atoms with Gasteiger partial charge in [0, 0.05) is 23.5 Å². The van der Waals surface area contributed by atoms with Crippen LogP contribution in [0, 0.1) is 0 Å². The summed E-state index contributed by atoms with van der Waals surface area (Å²) in [6.07, 6.45) is 4.69. The number of hydrazone groups is 1. The fourth-order valence-electron chi connectivity index (χ4n) is 2.18. The molecule has 0 saturated carbocycles. The van der Waals surface area contributed by atoms with Crippen LogP contribution in [0.4, 0.5) is 0 Å². The minimum Gasteiger partial charge on any atom is -0.488 e. The number of benzene rings is 2. The molecule has 25 heavy (non-hydrogen) atoms. The van der Waals surface area contributed by atoms with E-state index in [1.807, 2.05) is 54.6 Å². The van der Waals surface area contributed by atoms with Crippen LogP contribution in [0.15, 0.2) is 84.2 Å². The van der Waals surface area contributed by atoms with Crippen LogP contribution < -0.4 is 10.2 Å². The number of pyridine rings is 1. The molecule has 0 saturated heterocycles. The molecule has 0 atom stereocenters. The summed E-state index contributed by atoms with van der Waals surface area (Å²) in [6, 6.07) is 20.7. The van der Waals surface area contributed by atoms with Crippen molar-refractivity contribution in [2.75, 3.05) is 0 Å². The van der Waals surface area contributed by atoms with Crippen molar-refractivity contribution < 1.29 is 9.53 Å². The van der Waals surface area contributed by atoms with Crippen molar-refractivity contribution in [3.05, 3.63) is 95.8 Å². The number of nitrogens with one attached hydrogen (secondary N) is 1. The molecule has 5 nitrogen and oxygen atoms in total. The van der Waals surface area contributed by atoms with E-state index in [2.05, 4.69) is 15.5 Å². The Kier molecular flexibility index (Phi) is 5.51. The van der Waals surface area contributed by atoms with Gasteiger partial charge in [-0.1, -0.05) is 42.5 Å². The fraction of sp³-hybridized carbons (Fsp3) is 0.0500. The maximum absolute atomic E-state index is 11.9. The fourth-order valence-corrected chi connectivity index (χ4v) is 2.18. The van der Waals surface area contributed by atoms with Gasteiger partial charge in [0.2, 0.25) is 0 Å². The highest BCUT2D eigenvalue weighted by Crippen LogP contribution is 2.17. The third-order valence-electron chi connectivity index (χ3n) is 3.47. The van der Waals surface area contributed by atoms with Crippen molar-refractivity contribution in [3.63, 3.8) is 0 Å². The van der Waals surface area contributed by atoms with Crippen LogP contribution in [0.25, 0.3) is 0 Å². The van der Waals surface area contributed by atoms with E-state index in [-0.39, 0.29) is 5.91 Å². The lowest BCUT2D eigenvalue weighted by Gasteiger charge is -2.09. The van der Waals surface area contributed by atoms with E-state index in [1.54, 1.807) is 30.7 Å². The van der Waals surface area contributed by atoms with Gasteiger partial charge >= 0.3 is 0 Å². The lowest BCUT2D eigenvalue weighted by atomic mass is 10.2. The maximum Gasteiger partial charge on any atom is 0.271 e. The van der Waals surface area contributed by atoms with Crippen molar-refractivity contribution in [1.82, 2.24) is 10.4 Å². The van der Waals surface area contributed by atoms with Crippen molar-refractivity contribution in [2.24, 2.45) is 5.10 Å². The Morgan fingerprint density at radius 3 is 2.52 bits per heavy atom. The molecule has 0 bridgehead atoms. The minimum atomic E-state index is -0.290. The van der Waals surface area contributed by atoms with Gasteiger partial charge in [-0.3, -0.25) is 9.78 Å². The van der Waals surface area contributed by atoms with E-state index in [0.717, 1.165) is 11.1 Å². The number of ether oxygens (including phenoxy) is 1. The van der Waals surface area contributed by atoms with Crippen LogP contribution in [0.2, 0.25) is 0 Å². The van der Waals surface area contributed by atoms with Crippen LogP contribution >= 0.6 is 0 Å². The number of hydrogen-bond donors (Lipinski definition) is 1. The molecule has 1 heterocycles. The van der Waals surface area contributed by atoms with Crippen LogP contribution in [0.3, 0.4) is 0 Å². The highest BCUT2D eigenvalue weighted by atomic mass is 16.5. The second kappa shape index (κ2) is 8.40. The zero-order valence-electron chi connectivity index (χ0n) is 13.5. The molecule has 3 rings (SSSR count). The topological polar surface area (TPSA) is 63.6 Å². The Hall–Kier alpha value is -3.47. The first kappa shape index (κ1) is 16.4. The van der Waals surface area contributed by atoms with Gasteiger partial charge in [0.05, 0.1) is 6.21 Å². The number of hydrogen-bond acceptors (Lipinski definition) is 4. The number of carbonyl (C=O) groups excluding carboxylic acids is 1. The number of rotatable bonds is 6. The van der Waals surface area contributed by atoms with E-state index in [1.165, 1.54) is 0 Å². The summed E-state index contributed by atoms with van der Waals surface area (Å²) in [5, 5.41) is 4.01. The van der Waals surface area contributed by atoms with Crippen molar-refractivity contribution >= 4 is 12.1 Å².